The molecule has 0 aromatic rings. The van der Waals surface area contributed by atoms with E-state index in [2.05, 4.69) is 67.8 Å². The Morgan fingerprint density at radius 1 is 0.357 bits per heavy atom. The highest BCUT2D eigenvalue weighted by Crippen LogP contribution is 2.17. The molecule has 0 saturated carbocycles. The summed E-state index contributed by atoms with van der Waals surface area (Å²) in [5.41, 5.74) is 0. The molecule has 0 saturated heterocycles. The lowest BCUT2D eigenvalue weighted by Crippen LogP contribution is -2.48. The quantitative estimate of drug-likeness (QED) is 0.0361. The number of aliphatic hydroxyl groups excluding tert-OH is 3. The maximum atomic E-state index is 12.6. The molecule has 3 atom stereocenters. The van der Waals surface area contributed by atoms with E-state index in [1.165, 1.54) is 250 Å². The number of nitrogens with one attached hydrogen (secondary N) is 1. The molecule has 0 aromatic carbocycles. The summed E-state index contributed by atoms with van der Waals surface area (Å²) in [5, 5.41) is 33.4. The maximum absolute atomic E-state index is 12.6. The molecule has 410 valence electrons. The molecule has 70 heavy (non-hydrogen) atoms. The van der Waals surface area contributed by atoms with E-state index in [9.17, 15) is 20.1 Å². The van der Waals surface area contributed by atoms with Crippen LogP contribution < -0.4 is 5.32 Å². The Morgan fingerprint density at radius 3 is 0.957 bits per heavy atom. The maximum Gasteiger partial charge on any atom is 0.249 e. The molecule has 4 N–H and O–H groups in total. The lowest BCUT2D eigenvalue weighted by atomic mass is 10.0. The van der Waals surface area contributed by atoms with Gasteiger partial charge in [-0.2, -0.15) is 0 Å². The molecule has 0 spiro atoms. The van der Waals surface area contributed by atoms with Crippen molar-refractivity contribution in [3.8, 4) is 0 Å². The molecule has 1 amide bonds. The average molecular weight is 981 g/mol. The van der Waals surface area contributed by atoms with Gasteiger partial charge in [-0.05, 0) is 77.0 Å². The normalized spacial score (nSPS) is 13.6. The first-order chi connectivity index (χ1) is 34.6. The Hall–Kier alpha value is -1.95. The number of hydrogen-bond donors (Lipinski definition) is 4. The lowest BCUT2D eigenvalue weighted by molar-refractivity contribution is -0.131. The van der Waals surface area contributed by atoms with Crippen molar-refractivity contribution in [2.24, 2.45) is 0 Å². The standard InChI is InChI=1S/C65H121NO4/c1-3-5-7-9-11-13-15-17-19-21-23-25-26-27-28-29-30-31-32-33-34-35-36-37-38-39-40-42-44-46-48-50-52-54-56-58-60-64(69)65(70)66-62(61-67)63(68)59-57-55-53-51-49-47-45-43-41-24-22-20-18-16-14-12-10-8-6-4-2/h28-29,31-32,41,43,49,51,57,59,62-64,67-69H,3-27,30,33-40,42,44-48,50,52-56,58,60-61H2,1-2H3,(H,66,70)/b29-28-,32-31-,43-41+,51-49+,59-57+. The first-order valence-electron chi connectivity index (χ1n) is 31.1. The third-order valence-electron chi connectivity index (χ3n) is 14.3. The molecule has 0 rings (SSSR count). The van der Waals surface area contributed by atoms with Crippen LogP contribution >= 0.6 is 0 Å². The Kier molecular flexibility index (Phi) is 58.0. The number of amides is 1. The van der Waals surface area contributed by atoms with Crippen LogP contribution in [0.3, 0.4) is 0 Å². The second-order valence-electron chi connectivity index (χ2n) is 21.2. The molecule has 0 aliphatic rings. The molecule has 0 radical (unpaired) electrons. The molecule has 3 unspecified atom stereocenters. The van der Waals surface area contributed by atoms with Crippen LogP contribution in [0.25, 0.3) is 0 Å². The van der Waals surface area contributed by atoms with E-state index in [-0.39, 0.29) is 6.61 Å². The minimum Gasteiger partial charge on any atom is -0.394 e. The largest absolute Gasteiger partial charge is 0.394 e. The highest BCUT2D eigenvalue weighted by Gasteiger charge is 2.22. The SMILES string of the molecule is CCCCCCCCCCCC/C=C/CC/C=C/CC/C=C/C(O)C(CO)NC(=O)C(O)CCCCCCCCCCCCCCCCCC/C=C\C/C=C\CCCCCCCCCCCCCCC. The number of hydrogen-bond acceptors (Lipinski definition) is 4. The van der Waals surface area contributed by atoms with E-state index in [0.29, 0.717) is 6.42 Å². The van der Waals surface area contributed by atoms with Crippen LogP contribution in [0.5, 0.6) is 0 Å². The minimum absolute atomic E-state index is 0.382. The van der Waals surface area contributed by atoms with Crippen molar-refractivity contribution >= 4 is 5.91 Å². The third-order valence-corrected chi connectivity index (χ3v) is 14.3. The van der Waals surface area contributed by atoms with Crippen LogP contribution in [0.1, 0.15) is 322 Å². The Labute approximate surface area is 437 Å². The second kappa shape index (κ2) is 59.6. The molecule has 0 heterocycles. The molecule has 5 nitrogen and oxygen atoms in total. The van der Waals surface area contributed by atoms with Crippen molar-refractivity contribution in [2.45, 2.75) is 340 Å². The highest BCUT2D eigenvalue weighted by atomic mass is 16.3. The van der Waals surface area contributed by atoms with Gasteiger partial charge in [-0.3, -0.25) is 4.79 Å². The van der Waals surface area contributed by atoms with E-state index < -0.39 is 24.2 Å². The first kappa shape index (κ1) is 68.0. The van der Waals surface area contributed by atoms with Gasteiger partial charge >= 0.3 is 0 Å². The van der Waals surface area contributed by atoms with Crippen LogP contribution in [0.15, 0.2) is 60.8 Å². The van der Waals surface area contributed by atoms with Crippen molar-refractivity contribution < 1.29 is 20.1 Å². The van der Waals surface area contributed by atoms with Gasteiger partial charge in [0.2, 0.25) is 5.91 Å². The zero-order valence-electron chi connectivity index (χ0n) is 46.9. The van der Waals surface area contributed by atoms with Gasteiger partial charge in [0.05, 0.1) is 18.8 Å². The number of carbonyl (C=O) groups excluding carboxylic acids is 1. The van der Waals surface area contributed by atoms with Crippen LogP contribution in [-0.2, 0) is 4.79 Å². The summed E-state index contributed by atoms with van der Waals surface area (Å²) < 4.78 is 0. The predicted molar refractivity (Wildman–Crippen MR) is 310 cm³/mol. The van der Waals surface area contributed by atoms with Gasteiger partial charge in [0, 0.05) is 0 Å². The van der Waals surface area contributed by atoms with Gasteiger partial charge in [0.25, 0.3) is 0 Å². The van der Waals surface area contributed by atoms with E-state index >= 15 is 0 Å². The summed E-state index contributed by atoms with van der Waals surface area (Å²) in [7, 11) is 0. The van der Waals surface area contributed by atoms with E-state index in [1.807, 2.05) is 6.08 Å². The summed E-state index contributed by atoms with van der Waals surface area (Å²) in [5.74, 6) is -0.515. The minimum atomic E-state index is -1.11. The summed E-state index contributed by atoms with van der Waals surface area (Å²) in [6, 6.07) is -0.824. The van der Waals surface area contributed by atoms with Gasteiger partial charge in [-0.25, -0.2) is 0 Å². The fourth-order valence-corrected chi connectivity index (χ4v) is 9.49. The lowest BCUT2D eigenvalue weighted by Gasteiger charge is -2.21. The van der Waals surface area contributed by atoms with Crippen molar-refractivity contribution in [2.75, 3.05) is 6.61 Å². The molecule has 0 aliphatic carbocycles. The Balaban J connectivity index is 3.56. The number of aliphatic hydroxyl groups is 3. The fourth-order valence-electron chi connectivity index (χ4n) is 9.49. The molecule has 0 aromatic heterocycles. The zero-order valence-corrected chi connectivity index (χ0v) is 46.9. The fraction of sp³-hybridized carbons (Fsp3) is 0.831. The van der Waals surface area contributed by atoms with Crippen molar-refractivity contribution in [3.05, 3.63) is 60.8 Å². The Bertz CT molecular complexity index is 1170. The third kappa shape index (κ3) is 53.8. The first-order valence-corrected chi connectivity index (χ1v) is 31.1. The number of allylic oxidation sites excluding steroid dienone is 9. The van der Waals surface area contributed by atoms with Crippen molar-refractivity contribution in [1.82, 2.24) is 5.32 Å². The molecule has 0 aliphatic heterocycles. The van der Waals surface area contributed by atoms with Crippen LogP contribution in [0.2, 0.25) is 0 Å². The summed E-state index contributed by atoms with van der Waals surface area (Å²) in [4.78, 5) is 12.6. The smallest absolute Gasteiger partial charge is 0.249 e. The van der Waals surface area contributed by atoms with Crippen LogP contribution in [0.4, 0.5) is 0 Å². The monoisotopic (exact) mass is 980 g/mol. The van der Waals surface area contributed by atoms with Gasteiger partial charge in [-0.1, -0.05) is 306 Å². The van der Waals surface area contributed by atoms with E-state index in [0.717, 1.165) is 51.4 Å². The number of unbranched alkanes of at least 4 members (excludes halogenated alkanes) is 41. The summed E-state index contributed by atoms with van der Waals surface area (Å²) in [6.07, 6.45) is 81.9. The van der Waals surface area contributed by atoms with Crippen LogP contribution in [-0.4, -0.2) is 46.1 Å². The molecular weight excluding hydrogens is 859 g/mol. The summed E-state index contributed by atoms with van der Waals surface area (Å²) in [6.45, 7) is 4.19. The van der Waals surface area contributed by atoms with Crippen LogP contribution in [0, 0.1) is 0 Å². The molecule has 5 heteroatoms. The zero-order chi connectivity index (χ0) is 50.7. The van der Waals surface area contributed by atoms with E-state index in [1.54, 1.807) is 6.08 Å². The Morgan fingerprint density at radius 2 is 0.629 bits per heavy atom. The molecule has 0 fully saturated rings. The van der Waals surface area contributed by atoms with Gasteiger partial charge < -0.3 is 20.6 Å². The van der Waals surface area contributed by atoms with Gasteiger partial charge in [-0.15, -0.1) is 0 Å². The van der Waals surface area contributed by atoms with E-state index in [4.69, 9.17) is 0 Å². The highest BCUT2D eigenvalue weighted by molar-refractivity contribution is 5.80. The van der Waals surface area contributed by atoms with Gasteiger partial charge in [0.1, 0.15) is 6.10 Å². The molecule has 0 bridgehead atoms. The number of rotatable bonds is 57. The molecular formula is C65H121NO4. The average Bonchev–Trinajstić information content (AvgIpc) is 3.36. The number of carbonyl (C=O) groups is 1. The summed E-state index contributed by atoms with van der Waals surface area (Å²) >= 11 is 0. The second-order valence-corrected chi connectivity index (χ2v) is 21.2. The topological polar surface area (TPSA) is 89.8 Å². The van der Waals surface area contributed by atoms with Crippen molar-refractivity contribution in [1.29, 1.82) is 0 Å². The van der Waals surface area contributed by atoms with Crippen molar-refractivity contribution in [3.63, 3.8) is 0 Å². The predicted octanol–water partition coefficient (Wildman–Crippen LogP) is 19.7. The van der Waals surface area contributed by atoms with Gasteiger partial charge in [0.15, 0.2) is 0 Å².